The maximum absolute atomic E-state index is 6.11. The van der Waals surface area contributed by atoms with Crippen molar-refractivity contribution in [3.8, 4) is 0 Å². The smallest absolute Gasteiger partial charge is 0.0551 e. The van der Waals surface area contributed by atoms with Gasteiger partial charge in [0.05, 0.1) is 5.02 Å². The maximum Gasteiger partial charge on any atom is 0.0551 e. The van der Waals surface area contributed by atoms with Gasteiger partial charge in [0.2, 0.25) is 0 Å². The van der Waals surface area contributed by atoms with Gasteiger partial charge >= 0.3 is 0 Å². The van der Waals surface area contributed by atoms with Gasteiger partial charge in [0.25, 0.3) is 0 Å². The number of hydrogen-bond acceptors (Lipinski definition) is 2. The Morgan fingerprint density at radius 3 is 2.76 bits per heavy atom. The summed E-state index contributed by atoms with van der Waals surface area (Å²) in [5.74, 6) is 0. The van der Waals surface area contributed by atoms with Crippen molar-refractivity contribution in [2.75, 3.05) is 20.1 Å². The molecule has 1 aliphatic heterocycles. The molecule has 1 fully saturated rings. The quantitative estimate of drug-likeness (QED) is 0.920. The first kappa shape index (κ1) is 13.3. The van der Waals surface area contributed by atoms with Crippen LogP contribution in [0.1, 0.15) is 18.4 Å². The third-order valence-corrected chi connectivity index (χ3v) is 4.58. The van der Waals surface area contributed by atoms with E-state index in [9.17, 15) is 0 Å². The maximum atomic E-state index is 6.11. The molecule has 0 atom stereocenters. The number of piperidine rings is 1. The van der Waals surface area contributed by atoms with Crippen LogP contribution in [0.3, 0.4) is 0 Å². The van der Waals surface area contributed by atoms with E-state index in [1.807, 2.05) is 12.1 Å². The molecule has 1 N–H and O–H groups in total. The first-order chi connectivity index (χ1) is 8.16. The predicted octanol–water partition coefficient (Wildman–Crippen LogP) is 3.29. The minimum atomic E-state index is 0.693. The average Bonchev–Trinajstić information content (AvgIpc) is 2.35. The summed E-state index contributed by atoms with van der Waals surface area (Å²) in [5, 5.41) is 4.19. The second-order valence-electron chi connectivity index (χ2n) is 4.64. The van der Waals surface area contributed by atoms with Crippen LogP contribution >= 0.6 is 27.5 Å². The molecular weight excluding hydrogens is 300 g/mol. The van der Waals surface area contributed by atoms with Crippen LogP contribution in [-0.4, -0.2) is 31.1 Å². The van der Waals surface area contributed by atoms with E-state index in [0.717, 1.165) is 29.1 Å². The van der Waals surface area contributed by atoms with Crippen LogP contribution in [0.25, 0.3) is 0 Å². The molecule has 0 saturated carbocycles. The van der Waals surface area contributed by atoms with Crippen molar-refractivity contribution in [1.82, 2.24) is 10.2 Å². The van der Waals surface area contributed by atoms with E-state index >= 15 is 0 Å². The molecule has 0 aromatic heterocycles. The van der Waals surface area contributed by atoms with Crippen molar-refractivity contribution in [2.24, 2.45) is 0 Å². The lowest BCUT2D eigenvalue weighted by atomic mass is 10.0. The Bertz CT molecular complexity index is 378. The van der Waals surface area contributed by atoms with Crippen LogP contribution < -0.4 is 5.32 Å². The van der Waals surface area contributed by atoms with Crippen LogP contribution in [0.5, 0.6) is 0 Å². The SMILES string of the molecule is CN(Cc1ccc(Br)c(Cl)c1)C1CCNCC1. The fourth-order valence-electron chi connectivity index (χ4n) is 2.30. The van der Waals surface area contributed by atoms with E-state index in [2.05, 4.69) is 39.3 Å². The van der Waals surface area contributed by atoms with Crippen molar-refractivity contribution in [2.45, 2.75) is 25.4 Å². The number of benzene rings is 1. The van der Waals surface area contributed by atoms with Crippen molar-refractivity contribution >= 4 is 27.5 Å². The zero-order valence-corrected chi connectivity index (χ0v) is 12.4. The molecular formula is C13H18BrClN2. The fourth-order valence-corrected chi connectivity index (χ4v) is 2.75. The lowest BCUT2D eigenvalue weighted by molar-refractivity contribution is 0.192. The predicted molar refractivity (Wildman–Crippen MR) is 76.5 cm³/mol. The largest absolute Gasteiger partial charge is 0.317 e. The molecule has 94 valence electrons. The normalized spacial score (nSPS) is 17.6. The molecule has 1 saturated heterocycles. The van der Waals surface area contributed by atoms with Gasteiger partial charge < -0.3 is 5.32 Å². The average molecular weight is 318 g/mol. The molecule has 1 heterocycles. The molecule has 0 bridgehead atoms. The Labute approximate surface area is 116 Å². The van der Waals surface area contributed by atoms with Crippen LogP contribution in [0.15, 0.2) is 22.7 Å². The van der Waals surface area contributed by atoms with Crippen molar-refractivity contribution in [1.29, 1.82) is 0 Å². The Balaban J connectivity index is 1.96. The summed E-state index contributed by atoms with van der Waals surface area (Å²) in [6.45, 7) is 3.24. The number of hydrogen-bond donors (Lipinski definition) is 1. The topological polar surface area (TPSA) is 15.3 Å². The van der Waals surface area contributed by atoms with E-state index in [1.165, 1.54) is 18.4 Å². The van der Waals surface area contributed by atoms with E-state index < -0.39 is 0 Å². The number of nitrogens with zero attached hydrogens (tertiary/aromatic N) is 1. The Morgan fingerprint density at radius 1 is 1.41 bits per heavy atom. The summed E-state index contributed by atoms with van der Waals surface area (Å²) in [7, 11) is 2.20. The molecule has 2 rings (SSSR count). The van der Waals surface area contributed by atoms with Gasteiger partial charge in [-0.05, 0) is 66.6 Å². The van der Waals surface area contributed by atoms with E-state index in [1.54, 1.807) is 0 Å². The molecule has 0 amide bonds. The molecule has 17 heavy (non-hydrogen) atoms. The molecule has 0 spiro atoms. The molecule has 0 radical (unpaired) electrons. The standard InChI is InChI=1S/C13H18BrClN2/c1-17(11-4-6-16-7-5-11)9-10-2-3-12(14)13(15)8-10/h2-3,8,11,16H,4-7,9H2,1H3. The highest BCUT2D eigenvalue weighted by atomic mass is 79.9. The Morgan fingerprint density at radius 2 is 2.12 bits per heavy atom. The molecule has 1 aromatic carbocycles. The molecule has 0 aliphatic carbocycles. The first-order valence-corrected chi connectivity index (χ1v) is 7.19. The van der Waals surface area contributed by atoms with Crippen LogP contribution in [-0.2, 0) is 6.54 Å². The van der Waals surface area contributed by atoms with Crippen molar-refractivity contribution < 1.29 is 0 Å². The van der Waals surface area contributed by atoms with Crippen molar-refractivity contribution in [3.63, 3.8) is 0 Å². The second-order valence-corrected chi connectivity index (χ2v) is 5.91. The third-order valence-electron chi connectivity index (χ3n) is 3.35. The highest BCUT2D eigenvalue weighted by Gasteiger charge is 2.17. The summed E-state index contributed by atoms with van der Waals surface area (Å²) in [6.07, 6.45) is 2.47. The van der Waals surface area contributed by atoms with E-state index in [0.29, 0.717) is 6.04 Å². The summed E-state index contributed by atoms with van der Waals surface area (Å²) >= 11 is 9.53. The summed E-state index contributed by atoms with van der Waals surface area (Å²) in [6, 6.07) is 6.89. The van der Waals surface area contributed by atoms with Gasteiger partial charge in [-0.1, -0.05) is 17.7 Å². The molecule has 0 unspecified atom stereocenters. The summed E-state index contributed by atoms with van der Waals surface area (Å²) in [5.41, 5.74) is 1.28. The first-order valence-electron chi connectivity index (χ1n) is 6.01. The number of rotatable bonds is 3. The monoisotopic (exact) mass is 316 g/mol. The minimum Gasteiger partial charge on any atom is -0.317 e. The zero-order chi connectivity index (χ0) is 12.3. The molecule has 2 nitrogen and oxygen atoms in total. The fraction of sp³-hybridized carbons (Fsp3) is 0.538. The third kappa shape index (κ3) is 3.68. The molecule has 1 aromatic rings. The van der Waals surface area contributed by atoms with Gasteiger partial charge in [0.15, 0.2) is 0 Å². The van der Waals surface area contributed by atoms with Gasteiger partial charge in [0, 0.05) is 17.1 Å². The molecule has 4 heteroatoms. The van der Waals surface area contributed by atoms with Crippen LogP contribution in [0, 0.1) is 0 Å². The summed E-state index contributed by atoms with van der Waals surface area (Å²) < 4.78 is 0.965. The Hall–Kier alpha value is -0.0900. The van der Waals surface area contributed by atoms with E-state index in [4.69, 9.17) is 11.6 Å². The molecule has 1 aliphatic rings. The zero-order valence-electron chi connectivity index (χ0n) is 10.0. The minimum absolute atomic E-state index is 0.693. The lowest BCUT2D eigenvalue weighted by Crippen LogP contribution is -2.40. The highest BCUT2D eigenvalue weighted by Crippen LogP contribution is 2.24. The van der Waals surface area contributed by atoms with Gasteiger partial charge in [-0.15, -0.1) is 0 Å². The lowest BCUT2D eigenvalue weighted by Gasteiger charge is -2.31. The number of nitrogens with one attached hydrogen (secondary N) is 1. The van der Waals surface area contributed by atoms with Crippen LogP contribution in [0.2, 0.25) is 5.02 Å². The van der Waals surface area contributed by atoms with Crippen LogP contribution in [0.4, 0.5) is 0 Å². The summed E-state index contributed by atoms with van der Waals surface area (Å²) in [4.78, 5) is 2.43. The van der Waals surface area contributed by atoms with E-state index in [-0.39, 0.29) is 0 Å². The van der Waals surface area contributed by atoms with Gasteiger partial charge in [-0.2, -0.15) is 0 Å². The van der Waals surface area contributed by atoms with Crippen molar-refractivity contribution in [3.05, 3.63) is 33.3 Å². The highest BCUT2D eigenvalue weighted by molar-refractivity contribution is 9.10. The van der Waals surface area contributed by atoms with Gasteiger partial charge in [-0.25, -0.2) is 0 Å². The number of halogens is 2. The van der Waals surface area contributed by atoms with Gasteiger partial charge in [0.1, 0.15) is 0 Å². The van der Waals surface area contributed by atoms with Gasteiger partial charge in [-0.3, -0.25) is 4.90 Å². The second kappa shape index (κ2) is 6.19. The Kier molecular flexibility index (Phi) is 4.86.